The predicted molar refractivity (Wildman–Crippen MR) is 74.9 cm³/mol. The number of anilines is 1. The van der Waals surface area contributed by atoms with Gasteiger partial charge in [-0.25, -0.2) is 9.78 Å². The van der Waals surface area contributed by atoms with Gasteiger partial charge in [0, 0.05) is 13.5 Å². The van der Waals surface area contributed by atoms with E-state index < -0.39 is 17.3 Å². The van der Waals surface area contributed by atoms with Crippen molar-refractivity contribution < 1.29 is 19.1 Å². The number of nitrogens with zero attached hydrogens (tertiary/aromatic N) is 1. The number of esters is 1. The van der Waals surface area contributed by atoms with E-state index in [1.54, 1.807) is 13.8 Å². The van der Waals surface area contributed by atoms with Crippen LogP contribution < -0.4 is 11.1 Å². The Kier molecular flexibility index (Phi) is 4.83. The molecule has 0 unspecified atom stereocenters. The predicted octanol–water partition coefficient (Wildman–Crippen LogP) is 1.06. The van der Waals surface area contributed by atoms with Crippen LogP contribution in [0.15, 0.2) is 0 Å². The van der Waals surface area contributed by atoms with Gasteiger partial charge in [0.05, 0.1) is 12.5 Å². The first-order valence-electron chi connectivity index (χ1n) is 5.83. The van der Waals surface area contributed by atoms with Gasteiger partial charge in [0.1, 0.15) is 4.88 Å². The lowest BCUT2D eigenvalue weighted by atomic mass is 9.93. The van der Waals surface area contributed by atoms with Crippen molar-refractivity contribution in [2.75, 3.05) is 19.0 Å². The van der Waals surface area contributed by atoms with E-state index in [9.17, 15) is 14.4 Å². The van der Waals surface area contributed by atoms with E-state index in [0.717, 1.165) is 11.3 Å². The van der Waals surface area contributed by atoms with E-state index in [1.807, 2.05) is 0 Å². The Balaban J connectivity index is 2.96. The summed E-state index contributed by atoms with van der Waals surface area (Å²) in [5.41, 5.74) is 4.47. The van der Waals surface area contributed by atoms with Gasteiger partial charge in [-0.2, -0.15) is 0 Å². The molecule has 0 aliphatic carbocycles. The molecule has 0 radical (unpaired) electrons. The van der Waals surface area contributed by atoms with Gasteiger partial charge in [0.15, 0.2) is 16.6 Å². The van der Waals surface area contributed by atoms with E-state index in [-0.39, 0.29) is 22.9 Å². The van der Waals surface area contributed by atoms with Gasteiger partial charge in [-0.15, -0.1) is 0 Å². The van der Waals surface area contributed by atoms with Crippen LogP contribution in [0.2, 0.25) is 0 Å². The van der Waals surface area contributed by atoms with Crippen LogP contribution in [0.1, 0.15) is 40.9 Å². The first kappa shape index (κ1) is 16.1. The number of rotatable bonds is 6. The van der Waals surface area contributed by atoms with E-state index >= 15 is 0 Å². The zero-order chi connectivity index (χ0) is 15.5. The van der Waals surface area contributed by atoms with E-state index in [2.05, 4.69) is 15.0 Å². The average molecular weight is 299 g/mol. The van der Waals surface area contributed by atoms with Gasteiger partial charge >= 0.3 is 5.97 Å². The summed E-state index contributed by atoms with van der Waals surface area (Å²) in [6.45, 7) is 4.96. The molecule has 7 nitrogen and oxygen atoms in total. The van der Waals surface area contributed by atoms with Crippen molar-refractivity contribution in [2.24, 2.45) is 11.1 Å². The van der Waals surface area contributed by atoms with E-state index in [0.29, 0.717) is 5.13 Å². The van der Waals surface area contributed by atoms with E-state index in [1.165, 1.54) is 14.0 Å². The maximum absolute atomic E-state index is 11.5. The van der Waals surface area contributed by atoms with Gasteiger partial charge in [-0.1, -0.05) is 11.3 Å². The molecule has 1 amide bonds. The van der Waals surface area contributed by atoms with Crippen LogP contribution in [-0.4, -0.2) is 36.3 Å². The Morgan fingerprint density at radius 3 is 2.45 bits per heavy atom. The Morgan fingerprint density at radius 1 is 1.40 bits per heavy atom. The quantitative estimate of drug-likeness (QED) is 0.600. The summed E-state index contributed by atoms with van der Waals surface area (Å²) < 4.78 is 4.58. The third-order valence-electron chi connectivity index (χ3n) is 2.67. The Hall–Kier alpha value is -1.96. The highest BCUT2D eigenvalue weighted by Gasteiger charge is 2.26. The molecule has 3 N–H and O–H groups in total. The van der Waals surface area contributed by atoms with Crippen LogP contribution in [0.4, 0.5) is 5.13 Å². The van der Waals surface area contributed by atoms with Gasteiger partial charge in [0.2, 0.25) is 5.91 Å². The second kappa shape index (κ2) is 6.00. The molecule has 0 bridgehead atoms. The molecule has 1 rings (SSSR count). The van der Waals surface area contributed by atoms with Crippen molar-refractivity contribution in [3.05, 3.63) is 10.6 Å². The zero-order valence-corrected chi connectivity index (χ0v) is 12.6. The fraction of sp³-hybridized carbons (Fsp3) is 0.500. The zero-order valence-electron chi connectivity index (χ0n) is 11.8. The second-order valence-corrected chi connectivity index (χ2v) is 5.85. The summed E-state index contributed by atoms with van der Waals surface area (Å²) in [5.74, 6) is -1.40. The summed E-state index contributed by atoms with van der Waals surface area (Å²) in [5, 5.41) is 3.27. The number of aromatic nitrogens is 1. The lowest BCUT2D eigenvalue weighted by molar-refractivity contribution is -0.125. The third kappa shape index (κ3) is 3.53. The minimum Gasteiger partial charge on any atom is -0.464 e. The lowest BCUT2D eigenvalue weighted by Crippen LogP contribution is -2.37. The summed E-state index contributed by atoms with van der Waals surface area (Å²) in [7, 11) is 1.22. The van der Waals surface area contributed by atoms with Crippen LogP contribution in [0.25, 0.3) is 0 Å². The number of ketones is 1. The molecule has 8 heteroatoms. The van der Waals surface area contributed by atoms with Crippen molar-refractivity contribution in [3.8, 4) is 0 Å². The number of ether oxygens (including phenoxy) is 1. The van der Waals surface area contributed by atoms with Gasteiger partial charge < -0.3 is 15.8 Å². The molecule has 0 fully saturated rings. The van der Waals surface area contributed by atoms with Gasteiger partial charge in [0.25, 0.3) is 0 Å². The standard InChI is InChI=1S/C12H17N3O4S/c1-6(16)8-7(9(17)19-4)15-11(20-8)14-5-12(2,3)10(13)18/h5H2,1-4H3,(H2,13,18)(H,14,15). The smallest absolute Gasteiger partial charge is 0.358 e. The van der Waals surface area contributed by atoms with Crippen molar-refractivity contribution in [1.82, 2.24) is 4.98 Å². The average Bonchev–Trinajstić information content (AvgIpc) is 2.79. The largest absolute Gasteiger partial charge is 0.464 e. The molecule has 0 atom stereocenters. The van der Waals surface area contributed by atoms with Crippen LogP contribution in [0.5, 0.6) is 0 Å². The Bertz CT molecular complexity index is 551. The monoisotopic (exact) mass is 299 g/mol. The van der Waals surface area contributed by atoms with Crippen molar-refractivity contribution >= 4 is 34.1 Å². The molecular formula is C12H17N3O4S. The number of Topliss-reactive ketones (excluding diaryl/α,β-unsaturated/α-hetero) is 1. The number of thiazole rings is 1. The maximum atomic E-state index is 11.5. The Morgan fingerprint density at radius 2 is 2.00 bits per heavy atom. The number of nitrogens with two attached hydrogens (primary N) is 1. The minimum atomic E-state index is -0.770. The number of methoxy groups -OCH3 is 1. The van der Waals surface area contributed by atoms with Crippen molar-refractivity contribution in [1.29, 1.82) is 0 Å². The van der Waals surface area contributed by atoms with Crippen molar-refractivity contribution in [3.63, 3.8) is 0 Å². The van der Waals surface area contributed by atoms with Crippen LogP contribution in [0.3, 0.4) is 0 Å². The first-order chi connectivity index (χ1) is 9.19. The number of nitrogens with one attached hydrogen (secondary N) is 1. The van der Waals surface area contributed by atoms with E-state index in [4.69, 9.17) is 5.73 Å². The normalized spacial score (nSPS) is 11.0. The molecule has 1 heterocycles. The second-order valence-electron chi connectivity index (χ2n) is 4.85. The minimum absolute atomic E-state index is 0.0237. The molecule has 110 valence electrons. The number of hydrogen-bond donors (Lipinski definition) is 2. The molecule has 0 saturated carbocycles. The fourth-order valence-electron chi connectivity index (χ4n) is 1.25. The Labute approximate surface area is 120 Å². The molecule has 1 aromatic rings. The fourth-order valence-corrected chi connectivity index (χ4v) is 2.10. The van der Waals surface area contributed by atoms with Gasteiger partial charge in [-0.3, -0.25) is 9.59 Å². The molecule has 0 aliphatic rings. The first-order valence-corrected chi connectivity index (χ1v) is 6.64. The number of hydrogen-bond acceptors (Lipinski definition) is 7. The summed E-state index contributed by atoms with van der Waals surface area (Å²) in [6, 6.07) is 0. The molecule has 0 aromatic carbocycles. The topological polar surface area (TPSA) is 111 Å². The maximum Gasteiger partial charge on any atom is 0.358 e. The molecule has 0 saturated heterocycles. The number of carbonyl (C=O) groups is 3. The molecular weight excluding hydrogens is 282 g/mol. The number of carbonyl (C=O) groups excluding carboxylic acids is 3. The highest BCUT2D eigenvalue weighted by Crippen LogP contribution is 2.25. The summed E-state index contributed by atoms with van der Waals surface area (Å²) in [4.78, 5) is 38.5. The summed E-state index contributed by atoms with van der Waals surface area (Å²) in [6.07, 6.45) is 0. The number of primary amides is 1. The lowest BCUT2D eigenvalue weighted by Gasteiger charge is -2.20. The molecule has 1 aromatic heterocycles. The van der Waals surface area contributed by atoms with Gasteiger partial charge in [-0.05, 0) is 13.8 Å². The number of amides is 1. The van der Waals surface area contributed by atoms with Crippen LogP contribution in [-0.2, 0) is 9.53 Å². The van der Waals surface area contributed by atoms with Crippen LogP contribution in [0, 0.1) is 5.41 Å². The SMILES string of the molecule is COC(=O)c1nc(NCC(C)(C)C(N)=O)sc1C(C)=O. The van der Waals surface area contributed by atoms with Crippen molar-refractivity contribution in [2.45, 2.75) is 20.8 Å². The highest BCUT2D eigenvalue weighted by atomic mass is 32.1. The highest BCUT2D eigenvalue weighted by molar-refractivity contribution is 7.17. The third-order valence-corrected chi connectivity index (χ3v) is 3.79. The molecule has 0 spiro atoms. The molecule has 20 heavy (non-hydrogen) atoms. The van der Waals surface area contributed by atoms with Crippen LogP contribution >= 0.6 is 11.3 Å². The summed E-state index contributed by atoms with van der Waals surface area (Å²) >= 11 is 1.04. The molecule has 0 aliphatic heterocycles.